The summed E-state index contributed by atoms with van der Waals surface area (Å²) in [6, 6.07) is 17.9. The molecule has 0 aliphatic rings. The van der Waals surface area contributed by atoms with Gasteiger partial charge in [-0.3, -0.25) is 4.72 Å². The molecule has 176 valence electrons. The van der Waals surface area contributed by atoms with E-state index >= 15 is 0 Å². The monoisotopic (exact) mass is 474 g/mol. The van der Waals surface area contributed by atoms with E-state index in [2.05, 4.69) is 10.0 Å². The van der Waals surface area contributed by atoms with E-state index in [4.69, 9.17) is 0 Å². The van der Waals surface area contributed by atoms with Crippen molar-refractivity contribution in [2.75, 3.05) is 17.5 Å². The highest BCUT2D eigenvalue weighted by Gasteiger charge is 2.17. The van der Waals surface area contributed by atoms with E-state index in [9.17, 15) is 28.1 Å². The van der Waals surface area contributed by atoms with Crippen LogP contribution in [-0.4, -0.2) is 42.6 Å². The van der Waals surface area contributed by atoms with E-state index in [1.165, 1.54) is 24.3 Å². The van der Waals surface area contributed by atoms with Gasteiger partial charge in [-0.2, -0.15) is 0 Å². The third-order valence-electron chi connectivity index (χ3n) is 5.08. The molecule has 0 saturated carbocycles. The molecule has 0 saturated heterocycles. The topological polar surface area (TPSA) is 119 Å². The molecule has 0 heterocycles. The van der Waals surface area contributed by atoms with E-state index in [1.807, 2.05) is 30.3 Å². The number of halogens is 1. The first-order valence-corrected chi connectivity index (χ1v) is 12.2. The Bertz CT molecular complexity index is 1190. The maximum absolute atomic E-state index is 14.0. The number of phenols is 2. The highest BCUT2D eigenvalue weighted by atomic mass is 32.2. The smallest absolute Gasteiger partial charge is 0.229 e. The first-order valence-electron chi connectivity index (χ1n) is 10.3. The van der Waals surface area contributed by atoms with Gasteiger partial charge in [0, 0.05) is 12.6 Å². The van der Waals surface area contributed by atoms with Gasteiger partial charge in [0.2, 0.25) is 10.0 Å². The van der Waals surface area contributed by atoms with Gasteiger partial charge < -0.3 is 20.6 Å². The number of phenolic OH excluding ortho intramolecular Hbond substituents is 2. The van der Waals surface area contributed by atoms with Crippen LogP contribution in [0.1, 0.15) is 22.7 Å². The summed E-state index contributed by atoms with van der Waals surface area (Å²) >= 11 is 0. The minimum Gasteiger partial charge on any atom is -0.506 e. The van der Waals surface area contributed by atoms with E-state index in [0.29, 0.717) is 17.5 Å². The second-order valence-electron chi connectivity index (χ2n) is 7.95. The molecule has 2 atom stereocenters. The molecule has 5 N–H and O–H groups in total. The number of anilines is 1. The third kappa shape index (κ3) is 7.45. The molecule has 0 amide bonds. The lowest BCUT2D eigenvalue weighted by atomic mass is 9.98. The summed E-state index contributed by atoms with van der Waals surface area (Å²) in [6.45, 7) is 0.176. The average Bonchev–Trinajstić information content (AvgIpc) is 2.75. The van der Waals surface area contributed by atoms with E-state index in [1.54, 1.807) is 12.1 Å². The standard InChI is InChI=1S/C24H27FN2O5S/c1-33(31,32)27-22-13-17(7-9-24(22)30)11-19(28)15-26-21(12-16-5-3-2-4-6-16)18-8-10-23(29)20(25)14-18/h2-10,13-14,19,21,26-30H,11-12,15H2,1H3/t19-,21?/m0/s1. The molecule has 0 fully saturated rings. The second-order valence-corrected chi connectivity index (χ2v) is 9.69. The van der Waals surface area contributed by atoms with E-state index in [0.717, 1.165) is 11.8 Å². The molecule has 0 bridgehead atoms. The van der Waals surface area contributed by atoms with Crippen molar-refractivity contribution < 1.29 is 28.1 Å². The number of aromatic hydroxyl groups is 2. The molecule has 0 spiro atoms. The summed E-state index contributed by atoms with van der Waals surface area (Å²) in [7, 11) is -3.57. The van der Waals surface area contributed by atoms with Gasteiger partial charge in [0.15, 0.2) is 11.6 Å². The maximum atomic E-state index is 14.0. The van der Waals surface area contributed by atoms with Crippen LogP contribution >= 0.6 is 0 Å². The summed E-state index contributed by atoms with van der Waals surface area (Å²) in [5.74, 6) is -1.36. The summed E-state index contributed by atoms with van der Waals surface area (Å²) in [4.78, 5) is 0. The van der Waals surface area contributed by atoms with Gasteiger partial charge in [-0.25, -0.2) is 12.8 Å². The van der Waals surface area contributed by atoms with Crippen LogP contribution in [0.2, 0.25) is 0 Å². The van der Waals surface area contributed by atoms with Crippen molar-refractivity contribution >= 4 is 15.7 Å². The number of hydrogen-bond donors (Lipinski definition) is 5. The number of aliphatic hydroxyl groups is 1. The van der Waals surface area contributed by atoms with Crippen LogP contribution in [0.5, 0.6) is 11.5 Å². The van der Waals surface area contributed by atoms with Crippen molar-refractivity contribution in [1.29, 1.82) is 0 Å². The molecule has 9 heteroatoms. The van der Waals surface area contributed by atoms with Crippen LogP contribution in [0.4, 0.5) is 10.1 Å². The quantitative estimate of drug-likeness (QED) is 0.288. The van der Waals surface area contributed by atoms with Gasteiger partial charge in [-0.1, -0.05) is 42.5 Å². The predicted octanol–water partition coefficient (Wildman–Crippen LogP) is 3.09. The van der Waals surface area contributed by atoms with Crippen molar-refractivity contribution in [3.63, 3.8) is 0 Å². The summed E-state index contributed by atoms with van der Waals surface area (Å²) < 4.78 is 39.1. The Morgan fingerprint density at radius 2 is 1.61 bits per heavy atom. The molecule has 0 radical (unpaired) electrons. The lowest BCUT2D eigenvalue weighted by Crippen LogP contribution is -2.32. The molecule has 3 aromatic carbocycles. The van der Waals surface area contributed by atoms with Gasteiger partial charge in [-0.05, 0) is 53.8 Å². The van der Waals surface area contributed by atoms with Gasteiger partial charge in [0.05, 0.1) is 18.0 Å². The van der Waals surface area contributed by atoms with Gasteiger partial charge in [0.25, 0.3) is 0 Å². The number of benzene rings is 3. The first kappa shape index (κ1) is 24.5. The van der Waals surface area contributed by atoms with Crippen molar-refractivity contribution in [2.45, 2.75) is 25.0 Å². The molecule has 0 aliphatic carbocycles. The summed E-state index contributed by atoms with van der Waals surface area (Å²) in [5, 5.41) is 33.2. The normalized spacial score (nSPS) is 13.4. The Labute approximate surface area is 192 Å². The fourth-order valence-corrected chi connectivity index (χ4v) is 4.07. The molecule has 7 nitrogen and oxygen atoms in total. The zero-order valence-electron chi connectivity index (χ0n) is 18.1. The Morgan fingerprint density at radius 1 is 0.909 bits per heavy atom. The number of hydrogen-bond acceptors (Lipinski definition) is 6. The molecule has 1 unspecified atom stereocenters. The van der Waals surface area contributed by atoms with Crippen molar-refractivity contribution in [3.8, 4) is 11.5 Å². The Balaban J connectivity index is 1.71. The highest BCUT2D eigenvalue weighted by molar-refractivity contribution is 7.92. The Hall–Kier alpha value is -3.14. The predicted molar refractivity (Wildman–Crippen MR) is 125 cm³/mol. The number of aliphatic hydroxyl groups excluding tert-OH is 1. The van der Waals surface area contributed by atoms with Gasteiger partial charge >= 0.3 is 0 Å². The molecule has 0 aromatic heterocycles. The first-order chi connectivity index (χ1) is 15.6. The molecule has 3 aromatic rings. The van der Waals surface area contributed by atoms with Crippen LogP contribution in [0, 0.1) is 5.82 Å². The average molecular weight is 475 g/mol. The summed E-state index contributed by atoms with van der Waals surface area (Å²) in [5.41, 5.74) is 2.32. The van der Waals surface area contributed by atoms with E-state index in [-0.39, 0.29) is 30.4 Å². The van der Waals surface area contributed by atoms with Gasteiger partial charge in [0.1, 0.15) is 5.75 Å². The maximum Gasteiger partial charge on any atom is 0.229 e. The fourth-order valence-electron chi connectivity index (χ4n) is 3.51. The third-order valence-corrected chi connectivity index (χ3v) is 5.67. The molecule has 0 aliphatic heterocycles. The number of sulfonamides is 1. The zero-order chi connectivity index (χ0) is 24.0. The second kappa shape index (κ2) is 10.7. The Morgan fingerprint density at radius 3 is 2.27 bits per heavy atom. The van der Waals surface area contributed by atoms with Crippen LogP contribution in [0.15, 0.2) is 66.7 Å². The van der Waals surface area contributed by atoms with Crippen LogP contribution in [-0.2, 0) is 22.9 Å². The van der Waals surface area contributed by atoms with Crippen LogP contribution < -0.4 is 10.0 Å². The van der Waals surface area contributed by atoms with E-state index < -0.39 is 27.7 Å². The van der Waals surface area contributed by atoms with Gasteiger partial charge in [-0.15, -0.1) is 0 Å². The zero-order valence-corrected chi connectivity index (χ0v) is 18.9. The largest absolute Gasteiger partial charge is 0.506 e. The Kier molecular flexibility index (Phi) is 7.91. The number of nitrogens with one attached hydrogen (secondary N) is 2. The molecular formula is C24H27FN2O5S. The highest BCUT2D eigenvalue weighted by Crippen LogP contribution is 2.26. The van der Waals surface area contributed by atoms with Crippen molar-refractivity contribution in [2.24, 2.45) is 0 Å². The fraction of sp³-hybridized carbons (Fsp3) is 0.250. The number of rotatable bonds is 10. The van der Waals surface area contributed by atoms with Crippen LogP contribution in [0.25, 0.3) is 0 Å². The lowest BCUT2D eigenvalue weighted by molar-refractivity contribution is 0.167. The molecule has 3 rings (SSSR count). The summed E-state index contributed by atoms with van der Waals surface area (Å²) in [6.07, 6.45) is 0.894. The lowest BCUT2D eigenvalue weighted by Gasteiger charge is -2.22. The minimum atomic E-state index is -3.57. The molecule has 33 heavy (non-hydrogen) atoms. The van der Waals surface area contributed by atoms with Crippen molar-refractivity contribution in [3.05, 3.63) is 89.2 Å². The van der Waals surface area contributed by atoms with Crippen LogP contribution in [0.3, 0.4) is 0 Å². The molecular weight excluding hydrogens is 447 g/mol. The SMILES string of the molecule is CS(=O)(=O)Nc1cc(C[C@H](O)CNC(Cc2ccccc2)c2ccc(O)c(F)c2)ccc1O. The van der Waals surface area contributed by atoms with Crippen molar-refractivity contribution in [1.82, 2.24) is 5.32 Å². The minimum absolute atomic E-state index is 0.0386.